The molecule has 1 aliphatic carbocycles. The maximum atomic E-state index is 13.1. The van der Waals surface area contributed by atoms with Crippen LogP contribution in [0.25, 0.3) is 0 Å². The number of rotatable bonds is 4. The average Bonchev–Trinajstić information content (AvgIpc) is 3.48. The Bertz CT molecular complexity index is 1070. The Labute approximate surface area is 201 Å². The summed E-state index contributed by atoms with van der Waals surface area (Å²) in [6.45, 7) is 2.98. The van der Waals surface area contributed by atoms with Crippen LogP contribution in [0.4, 0.5) is 23.7 Å². The monoisotopic (exact) mass is 497 g/mol. The van der Waals surface area contributed by atoms with E-state index >= 15 is 0 Å². The molecule has 1 aromatic carbocycles. The Morgan fingerprint density at radius 2 is 1.82 bits per heavy atom. The first kappa shape index (κ1) is 24.5. The summed E-state index contributed by atoms with van der Waals surface area (Å²) in [5.41, 5.74) is 0.307. The largest absolute Gasteiger partial charge is 0.416 e. The van der Waals surface area contributed by atoms with E-state index in [0.29, 0.717) is 47.7 Å². The Balaban J connectivity index is 1.35. The number of nitrogens with zero attached hydrogens (tertiary/aromatic N) is 5. The van der Waals surface area contributed by atoms with Gasteiger partial charge in [-0.1, -0.05) is 11.6 Å². The van der Waals surface area contributed by atoms with E-state index < -0.39 is 11.7 Å². The van der Waals surface area contributed by atoms with Crippen LogP contribution in [-0.2, 0) is 17.5 Å². The number of fused-ring (bicyclic) bond motifs is 1. The van der Waals surface area contributed by atoms with Crippen LogP contribution in [0.5, 0.6) is 0 Å². The minimum atomic E-state index is -4.41. The topological polar surface area (TPSA) is 61.7 Å². The maximum absolute atomic E-state index is 13.1. The zero-order valence-corrected chi connectivity index (χ0v) is 20.0. The average molecular weight is 498 g/mol. The van der Waals surface area contributed by atoms with Crippen molar-refractivity contribution in [3.8, 4) is 0 Å². The predicted molar refractivity (Wildman–Crippen MR) is 122 cm³/mol. The van der Waals surface area contributed by atoms with Gasteiger partial charge in [-0.2, -0.15) is 23.0 Å². The van der Waals surface area contributed by atoms with Gasteiger partial charge < -0.3 is 9.80 Å². The molecule has 3 atom stereocenters. The van der Waals surface area contributed by atoms with Gasteiger partial charge in [-0.25, -0.2) is 4.79 Å². The third-order valence-electron chi connectivity index (χ3n) is 7.04. The van der Waals surface area contributed by atoms with Crippen LogP contribution >= 0.6 is 11.6 Å². The molecule has 0 bridgehead atoms. The highest BCUT2D eigenvalue weighted by Gasteiger charge is 2.44. The van der Waals surface area contributed by atoms with Gasteiger partial charge in [0.25, 0.3) is 0 Å². The molecule has 0 radical (unpaired) electrons. The first-order valence-electron chi connectivity index (χ1n) is 11.1. The molecule has 4 rings (SSSR count). The quantitative estimate of drug-likeness (QED) is 0.630. The summed E-state index contributed by atoms with van der Waals surface area (Å²) in [6.07, 6.45) is 0.348. The molecule has 2 aromatic rings. The van der Waals surface area contributed by atoms with E-state index in [1.165, 1.54) is 28.8 Å². The van der Waals surface area contributed by atoms with Gasteiger partial charge >= 0.3 is 12.2 Å². The van der Waals surface area contributed by atoms with Crippen LogP contribution in [0, 0.1) is 11.8 Å². The van der Waals surface area contributed by atoms with E-state index in [2.05, 4.69) is 10.00 Å². The van der Waals surface area contributed by atoms with Crippen molar-refractivity contribution in [3.63, 3.8) is 0 Å². The molecule has 2 fully saturated rings. The highest BCUT2D eigenvalue weighted by Crippen LogP contribution is 2.41. The molecule has 34 heavy (non-hydrogen) atoms. The number of likely N-dealkylation sites (tertiary alicyclic amines) is 1. The van der Waals surface area contributed by atoms with Gasteiger partial charge in [-0.15, -0.1) is 0 Å². The van der Waals surface area contributed by atoms with Gasteiger partial charge in [-0.05, 0) is 55.5 Å². The lowest BCUT2D eigenvalue weighted by molar-refractivity contribution is -0.137. The second-order valence-electron chi connectivity index (χ2n) is 9.27. The summed E-state index contributed by atoms with van der Waals surface area (Å²) < 4.78 is 40.5. The van der Waals surface area contributed by atoms with Crippen molar-refractivity contribution in [3.05, 3.63) is 46.7 Å². The predicted octanol–water partition coefficient (Wildman–Crippen LogP) is 4.35. The van der Waals surface area contributed by atoms with Crippen LogP contribution in [-0.4, -0.2) is 64.7 Å². The van der Waals surface area contributed by atoms with Crippen molar-refractivity contribution in [1.29, 1.82) is 0 Å². The molecule has 184 valence electrons. The van der Waals surface area contributed by atoms with Crippen molar-refractivity contribution < 1.29 is 22.8 Å². The zero-order chi connectivity index (χ0) is 24.8. The second-order valence-corrected chi connectivity index (χ2v) is 9.68. The Morgan fingerprint density at radius 3 is 2.41 bits per heavy atom. The number of halogens is 4. The molecule has 1 aromatic heterocycles. The van der Waals surface area contributed by atoms with Gasteiger partial charge in [0.1, 0.15) is 0 Å². The third kappa shape index (κ3) is 4.93. The lowest BCUT2D eigenvalue weighted by Crippen LogP contribution is -2.36. The van der Waals surface area contributed by atoms with E-state index in [9.17, 15) is 22.8 Å². The van der Waals surface area contributed by atoms with Crippen molar-refractivity contribution in [1.82, 2.24) is 19.6 Å². The van der Waals surface area contributed by atoms with E-state index in [4.69, 9.17) is 11.6 Å². The third-order valence-corrected chi connectivity index (χ3v) is 7.41. The number of hydrogen-bond donors (Lipinski definition) is 0. The molecule has 1 saturated heterocycles. The standard InChI is InChI=1S/C23H27ClF3N5O2/c1-14(33)30(3)20-9-28-32(13-20)22(34)31-11-15-7-19(8-16(15)12-31)29(2)10-17-6-18(23(25,26)27)4-5-21(17)24/h4-6,9,13,15-16,19H,7-8,10-12H2,1-3H3/t15-,16+,19?. The summed E-state index contributed by atoms with van der Waals surface area (Å²) in [5, 5.41) is 4.43. The van der Waals surface area contributed by atoms with Gasteiger partial charge in [-0.3, -0.25) is 9.69 Å². The molecule has 2 amide bonds. The molecule has 11 heteroatoms. The lowest BCUT2D eigenvalue weighted by Gasteiger charge is -2.27. The minimum Gasteiger partial charge on any atom is -0.322 e. The smallest absolute Gasteiger partial charge is 0.322 e. The molecule has 7 nitrogen and oxygen atoms in total. The second kappa shape index (κ2) is 9.22. The van der Waals surface area contributed by atoms with Crippen molar-refractivity contribution in [2.75, 3.05) is 32.1 Å². The number of alkyl halides is 3. The van der Waals surface area contributed by atoms with Crippen molar-refractivity contribution in [2.24, 2.45) is 11.8 Å². The first-order valence-corrected chi connectivity index (χ1v) is 11.5. The fourth-order valence-electron chi connectivity index (χ4n) is 4.97. The fourth-order valence-corrected chi connectivity index (χ4v) is 5.15. The van der Waals surface area contributed by atoms with Crippen LogP contribution < -0.4 is 4.90 Å². The van der Waals surface area contributed by atoms with E-state index in [0.717, 1.165) is 25.0 Å². The minimum absolute atomic E-state index is 0.149. The summed E-state index contributed by atoms with van der Waals surface area (Å²) in [7, 11) is 3.53. The molecule has 2 heterocycles. The van der Waals surface area contributed by atoms with Gasteiger partial charge in [0, 0.05) is 44.7 Å². The van der Waals surface area contributed by atoms with Crippen LogP contribution in [0.2, 0.25) is 5.02 Å². The number of aromatic nitrogens is 2. The highest BCUT2D eigenvalue weighted by atomic mass is 35.5. The highest BCUT2D eigenvalue weighted by molar-refractivity contribution is 6.31. The van der Waals surface area contributed by atoms with E-state index in [-0.39, 0.29) is 18.0 Å². The summed E-state index contributed by atoms with van der Waals surface area (Å²) >= 11 is 6.18. The zero-order valence-electron chi connectivity index (χ0n) is 19.2. The van der Waals surface area contributed by atoms with Crippen LogP contribution in [0.3, 0.4) is 0 Å². The Hall–Kier alpha value is -2.59. The molecule has 1 aliphatic heterocycles. The van der Waals surface area contributed by atoms with E-state index in [1.807, 2.05) is 7.05 Å². The van der Waals surface area contributed by atoms with E-state index in [1.54, 1.807) is 18.1 Å². The fraction of sp³-hybridized carbons (Fsp3) is 0.522. The molecular formula is C23H27ClF3N5O2. The molecular weight excluding hydrogens is 471 g/mol. The van der Waals surface area contributed by atoms with Crippen LogP contribution in [0.15, 0.2) is 30.6 Å². The van der Waals surface area contributed by atoms with Gasteiger partial charge in [0.15, 0.2) is 0 Å². The molecule has 1 unspecified atom stereocenters. The molecule has 0 spiro atoms. The number of anilines is 1. The first-order chi connectivity index (χ1) is 15.9. The van der Waals surface area contributed by atoms with Crippen molar-refractivity contribution in [2.45, 2.75) is 38.5 Å². The van der Waals surface area contributed by atoms with Gasteiger partial charge in [0.2, 0.25) is 5.91 Å². The summed E-state index contributed by atoms with van der Waals surface area (Å²) in [4.78, 5) is 29.7. The number of benzene rings is 1. The summed E-state index contributed by atoms with van der Waals surface area (Å²) in [6, 6.07) is 3.40. The Kier molecular flexibility index (Phi) is 6.65. The number of carbonyl (C=O) groups is 2. The van der Waals surface area contributed by atoms with Crippen LogP contribution in [0.1, 0.15) is 30.9 Å². The number of carbonyl (C=O) groups excluding carboxylic acids is 2. The Morgan fingerprint density at radius 1 is 1.18 bits per heavy atom. The number of amides is 2. The van der Waals surface area contributed by atoms with Gasteiger partial charge in [0.05, 0.1) is 23.6 Å². The SMILES string of the molecule is CC(=O)N(C)c1cnn(C(=O)N2C[C@H]3CC(N(C)Cc4cc(C(F)(F)F)ccc4Cl)C[C@H]3C2)c1. The molecule has 0 N–H and O–H groups in total. The molecule has 1 saturated carbocycles. The normalized spacial score (nSPS) is 22.4. The van der Waals surface area contributed by atoms with Crippen molar-refractivity contribution >= 4 is 29.2 Å². The molecule has 2 aliphatic rings. The maximum Gasteiger partial charge on any atom is 0.416 e. The number of hydrogen-bond acceptors (Lipinski definition) is 4. The lowest BCUT2D eigenvalue weighted by atomic mass is 10.0. The summed E-state index contributed by atoms with van der Waals surface area (Å²) in [5.74, 6) is 0.496.